The smallest absolute Gasteiger partial charge is 0.219 e. The molecule has 0 bridgehead atoms. The van der Waals surface area contributed by atoms with Crippen LogP contribution in [0.4, 0.5) is 4.39 Å². The molecule has 0 radical (unpaired) electrons. The van der Waals surface area contributed by atoms with Crippen molar-refractivity contribution in [2.75, 3.05) is 32.8 Å². The van der Waals surface area contributed by atoms with Crippen molar-refractivity contribution in [3.8, 4) is 5.75 Å². The molecule has 5 nitrogen and oxygen atoms in total. The Labute approximate surface area is 180 Å². The van der Waals surface area contributed by atoms with Crippen LogP contribution < -0.4 is 4.74 Å². The Morgan fingerprint density at radius 2 is 1.90 bits per heavy atom. The molecule has 2 fully saturated rings. The summed E-state index contributed by atoms with van der Waals surface area (Å²) < 4.78 is 19.2. The van der Waals surface area contributed by atoms with Crippen LogP contribution in [-0.2, 0) is 4.79 Å². The first-order chi connectivity index (χ1) is 14.1. The number of β-amino-alcohol motifs (C(OH)–C–C–N with tert-alkyl or cyclic N) is 1. The molecule has 1 saturated carbocycles. The Morgan fingerprint density at radius 1 is 1.20 bits per heavy atom. The van der Waals surface area contributed by atoms with Gasteiger partial charge < -0.3 is 14.7 Å². The van der Waals surface area contributed by atoms with Gasteiger partial charge in [-0.1, -0.05) is 26.8 Å². The quantitative estimate of drug-likeness (QED) is 0.807. The number of benzene rings is 1. The molecule has 1 saturated heterocycles. The number of carbonyl (C=O) groups is 1. The van der Waals surface area contributed by atoms with Crippen LogP contribution in [-0.4, -0.2) is 65.2 Å². The van der Waals surface area contributed by atoms with Gasteiger partial charge in [0.15, 0.2) is 0 Å². The molecule has 3 rings (SSSR count). The van der Waals surface area contributed by atoms with Gasteiger partial charge in [-0.05, 0) is 49.1 Å². The lowest BCUT2D eigenvalue weighted by molar-refractivity contribution is -0.132. The Morgan fingerprint density at radius 3 is 2.50 bits per heavy atom. The van der Waals surface area contributed by atoms with E-state index in [1.165, 1.54) is 31.9 Å². The number of halogens is 1. The van der Waals surface area contributed by atoms with Crippen molar-refractivity contribution in [1.82, 2.24) is 9.80 Å². The maximum atomic E-state index is 13.5. The summed E-state index contributed by atoms with van der Waals surface area (Å²) in [5.41, 5.74) is -0.871. The molecule has 1 heterocycles. The first-order valence-electron chi connectivity index (χ1n) is 11.2. The zero-order chi connectivity index (χ0) is 21.9. The van der Waals surface area contributed by atoms with E-state index < -0.39 is 5.60 Å². The highest BCUT2D eigenvalue weighted by Crippen LogP contribution is 2.39. The fourth-order valence-corrected chi connectivity index (χ4v) is 4.94. The summed E-state index contributed by atoms with van der Waals surface area (Å²) in [5.74, 6) is 0.698. The molecule has 0 aromatic heterocycles. The molecule has 1 amide bonds. The molecule has 168 valence electrons. The van der Waals surface area contributed by atoms with Gasteiger partial charge in [-0.15, -0.1) is 0 Å². The van der Waals surface area contributed by atoms with Gasteiger partial charge in [-0.25, -0.2) is 4.39 Å². The van der Waals surface area contributed by atoms with Crippen LogP contribution in [0.1, 0.15) is 53.4 Å². The van der Waals surface area contributed by atoms with Crippen molar-refractivity contribution in [2.24, 2.45) is 11.3 Å². The first kappa shape index (κ1) is 23.0. The van der Waals surface area contributed by atoms with Gasteiger partial charge in [0.1, 0.15) is 23.8 Å². The van der Waals surface area contributed by atoms with Crippen molar-refractivity contribution in [3.63, 3.8) is 0 Å². The van der Waals surface area contributed by atoms with Gasteiger partial charge in [0, 0.05) is 38.7 Å². The van der Waals surface area contributed by atoms with Gasteiger partial charge in [-0.2, -0.15) is 0 Å². The number of hydrogen-bond donors (Lipinski definition) is 1. The number of hydrogen-bond acceptors (Lipinski definition) is 4. The van der Waals surface area contributed by atoms with E-state index in [2.05, 4.69) is 25.7 Å². The number of ether oxygens (including phenoxy) is 1. The van der Waals surface area contributed by atoms with Gasteiger partial charge in [-0.3, -0.25) is 9.69 Å². The molecule has 2 aliphatic rings. The second-order valence-corrected chi connectivity index (χ2v) is 10.3. The van der Waals surface area contributed by atoms with E-state index in [0.29, 0.717) is 30.3 Å². The molecule has 1 aromatic carbocycles. The van der Waals surface area contributed by atoms with Gasteiger partial charge in [0.2, 0.25) is 5.91 Å². The minimum Gasteiger partial charge on any atom is -0.490 e. The lowest BCUT2D eigenvalue weighted by Gasteiger charge is -2.42. The predicted molar refractivity (Wildman–Crippen MR) is 116 cm³/mol. The van der Waals surface area contributed by atoms with Gasteiger partial charge in [0.05, 0.1) is 6.54 Å². The van der Waals surface area contributed by atoms with E-state index in [0.717, 1.165) is 25.3 Å². The summed E-state index contributed by atoms with van der Waals surface area (Å²) in [7, 11) is 0. The van der Waals surface area contributed by atoms with Crippen molar-refractivity contribution < 1.29 is 19.0 Å². The SMILES string of the molecule is CC(=O)N1CCN(C2CCC(C(C)(C)C)CC2)C[C@](O)(COc2cccc(F)c2)C1. The third kappa shape index (κ3) is 5.94. The van der Waals surface area contributed by atoms with Crippen molar-refractivity contribution >= 4 is 5.91 Å². The highest BCUT2D eigenvalue weighted by atomic mass is 19.1. The number of aliphatic hydroxyl groups is 1. The molecule has 6 heteroatoms. The van der Waals surface area contributed by atoms with Crippen molar-refractivity contribution in [2.45, 2.75) is 65.0 Å². The van der Waals surface area contributed by atoms with E-state index in [4.69, 9.17) is 4.74 Å². The molecular weight excluding hydrogens is 383 g/mol. The van der Waals surface area contributed by atoms with E-state index in [-0.39, 0.29) is 24.9 Å². The van der Waals surface area contributed by atoms with Crippen LogP contribution in [0.15, 0.2) is 24.3 Å². The van der Waals surface area contributed by atoms with Gasteiger partial charge in [0.25, 0.3) is 0 Å². The summed E-state index contributed by atoms with van der Waals surface area (Å²) in [6.07, 6.45) is 4.62. The number of rotatable bonds is 4. The van der Waals surface area contributed by atoms with E-state index >= 15 is 0 Å². The monoisotopic (exact) mass is 420 g/mol. The van der Waals surface area contributed by atoms with Crippen LogP contribution in [0, 0.1) is 17.2 Å². The molecule has 1 N–H and O–H groups in total. The van der Waals surface area contributed by atoms with E-state index in [1.54, 1.807) is 17.0 Å². The third-order valence-corrected chi connectivity index (χ3v) is 6.83. The van der Waals surface area contributed by atoms with Crippen LogP contribution in [0.5, 0.6) is 5.75 Å². The summed E-state index contributed by atoms with van der Waals surface area (Å²) in [4.78, 5) is 16.1. The summed E-state index contributed by atoms with van der Waals surface area (Å²) in [5, 5.41) is 11.4. The highest BCUT2D eigenvalue weighted by Gasteiger charge is 2.40. The second kappa shape index (κ2) is 9.23. The topological polar surface area (TPSA) is 53.0 Å². The van der Waals surface area contributed by atoms with Crippen LogP contribution in [0.2, 0.25) is 0 Å². The Bertz CT molecular complexity index is 727. The molecule has 0 spiro atoms. The molecule has 1 aromatic rings. The Hall–Kier alpha value is -1.66. The first-order valence-corrected chi connectivity index (χ1v) is 11.2. The fraction of sp³-hybridized carbons (Fsp3) is 0.708. The van der Waals surface area contributed by atoms with Crippen molar-refractivity contribution in [1.29, 1.82) is 0 Å². The highest BCUT2D eigenvalue weighted by molar-refractivity contribution is 5.73. The normalized spacial score (nSPS) is 28.8. The van der Waals surface area contributed by atoms with Crippen molar-refractivity contribution in [3.05, 3.63) is 30.1 Å². The summed E-state index contributed by atoms with van der Waals surface area (Å²) in [6.45, 7) is 10.6. The fourth-order valence-electron chi connectivity index (χ4n) is 4.94. The molecule has 30 heavy (non-hydrogen) atoms. The molecule has 1 atom stereocenters. The zero-order valence-corrected chi connectivity index (χ0v) is 18.9. The molecule has 1 aliphatic heterocycles. The predicted octanol–water partition coefficient (Wildman–Crippen LogP) is 3.70. The van der Waals surface area contributed by atoms with Gasteiger partial charge >= 0.3 is 0 Å². The maximum absolute atomic E-state index is 13.5. The zero-order valence-electron chi connectivity index (χ0n) is 18.9. The number of amides is 1. The Balaban J connectivity index is 1.69. The average molecular weight is 421 g/mol. The molecular formula is C24H37FN2O3. The second-order valence-electron chi connectivity index (χ2n) is 10.3. The van der Waals surface area contributed by atoms with E-state index in [1.807, 2.05) is 0 Å². The molecule has 1 aliphatic carbocycles. The largest absolute Gasteiger partial charge is 0.490 e. The van der Waals surface area contributed by atoms with Crippen LogP contribution in [0.25, 0.3) is 0 Å². The minimum atomic E-state index is -1.20. The lowest BCUT2D eigenvalue weighted by atomic mass is 9.71. The number of carbonyl (C=O) groups excluding carboxylic acids is 1. The standard InChI is InChI=1S/C24H37FN2O3/c1-18(28)26-12-13-27(21-10-8-19(9-11-21)23(2,3)4)16-24(29,15-26)17-30-22-7-5-6-20(25)14-22/h5-7,14,19,21,29H,8-13,15-17H2,1-4H3/t19?,21?,24-/m0/s1. The minimum absolute atomic E-state index is 0.0219. The summed E-state index contributed by atoms with van der Waals surface area (Å²) >= 11 is 0. The van der Waals surface area contributed by atoms with Crippen LogP contribution >= 0.6 is 0 Å². The average Bonchev–Trinajstić information content (AvgIpc) is 2.86. The van der Waals surface area contributed by atoms with E-state index in [9.17, 15) is 14.3 Å². The lowest BCUT2D eigenvalue weighted by Crippen LogP contribution is -2.53. The third-order valence-electron chi connectivity index (χ3n) is 6.83. The maximum Gasteiger partial charge on any atom is 0.219 e. The van der Waals surface area contributed by atoms with Crippen LogP contribution in [0.3, 0.4) is 0 Å². The summed E-state index contributed by atoms with van der Waals surface area (Å²) in [6, 6.07) is 6.35. The number of nitrogens with zero attached hydrogens (tertiary/aromatic N) is 2. The Kier molecular flexibility index (Phi) is 7.08. The molecule has 0 unspecified atom stereocenters.